The second kappa shape index (κ2) is 5.87. The third-order valence-electron chi connectivity index (χ3n) is 4.04. The summed E-state index contributed by atoms with van der Waals surface area (Å²) in [6, 6.07) is 1.22. The Bertz CT molecular complexity index is 331. The van der Waals surface area contributed by atoms with Gasteiger partial charge in [0.2, 0.25) is 0 Å². The van der Waals surface area contributed by atoms with Crippen molar-refractivity contribution in [3.63, 3.8) is 0 Å². The standard InChI is InChI=1S/C15H27N3/c1-15(2,3)14(11-18-10-9-16-12-18)17-13-7-5-4-6-8-13/h9-10,12-14,17H,4-8,11H2,1-3H3. The van der Waals surface area contributed by atoms with Crippen LogP contribution in [-0.4, -0.2) is 21.6 Å². The fourth-order valence-corrected chi connectivity index (χ4v) is 2.74. The number of nitrogens with zero attached hydrogens (tertiary/aromatic N) is 2. The van der Waals surface area contributed by atoms with Crippen LogP contribution in [-0.2, 0) is 6.54 Å². The maximum absolute atomic E-state index is 4.14. The molecule has 1 aromatic rings. The van der Waals surface area contributed by atoms with Crippen LogP contribution in [0.1, 0.15) is 52.9 Å². The van der Waals surface area contributed by atoms with E-state index in [1.54, 1.807) is 0 Å². The number of aromatic nitrogens is 2. The van der Waals surface area contributed by atoms with Crippen molar-refractivity contribution >= 4 is 0 Å². The molecule has 1 N–H and O–H groups in total. The van der Waals surface area contributed by atoms with Gasteiger partial charge in [0.1, 0.15) is 0 Å². The molecule has 1 aromatic heterocycles. The van der Waals surface area contributed by atoms with Gasteiger partial charge >= 0.3 is 0 Å². The summed E-state index contributed by atoms with van der Waals surface area (Å²) in [7, 11) is 0. The van der Waals surface area contributed by atoms with Gasteiger partial charge in [-0.1, -0.05) is 40.0 Å². The summed E-state index contributed by atoms with van der Waals surface area (Å²) in [5.41, 5.74) is 0.279. The SMILES string of the molecule is CC(C)(C)C(Cn1ccnc1)NC1CCCCC1. The predicted octanol–water partition coefficient (Wildman–Crippen LogP) is 3.22. The lowest BCUT2D eigenvalue weighted by molar-refractivity contribution is 0.203. The number of rotatable bonds is 4. The van der Waals surface area contributed by atoms with Gasteiger partial charge in [-0.15, -0.1) is 0 Å². The van der Waals surface area contributed by atoms with E-state index in [0.717, 1.165) is 6.54 Å². The van der Waals surface area contributed by atoms with Crippen LogP contribution in [0.2, 0.25) is 0 Å². The lowest BCUT2D eigenvalue weighted by Crippen LogP contribution is -2.48. The van der Waals surface area contributed by atoms with Gasteiger partial charge in [0.25, 0.3) is 0 Å². The molecule has 3 nitrogen and oxygen atoms in total. The molecule has 0 spiro atoms. The Labute approximate surface area is 111 Å². The summed E-state index contributed by atoms with van der Waals surface area (Å²) in [4.78, 5) is 4.14. The molecule has 0 saturated heterocycles. The molecule has 18 heavy (non-hydrogen) atoms. The average Bonchev–Trinajstić information content (AvgIpc) is 2.81. The molecule has 1 aliphatic carbocycles. The largest absolute Gasteiger partial charge is 0.336 e. The van der Waals surface area contributed by atoms with Crippen LogP contribution in [0.4, 0.5) is 0 Å². The molecule has 1 heterocycles. The minimum absolute atomic E-state index is 0.279. The third kappa shape index (κ3) is 3.84. The van der Waals surface area contributed by atoms with Crippen LogP contribution in [0.5, 0.6) is 0 Å². The van der Waals surface area contributed by atoms with E-state index in [9.17, 15) is 0 Å². The van der Waals surface area contributed by atoms with E-state index in [1.807, 2.05) is 12.5 Å². The van der Waals surface area contributed by atoms with Crippen LogP contribution in [0.25, 0.3) is 0 Å². The van der Waals surface area contributed by atoms with E-state index in [0.29, 0.717) is 12.1 Å². The molecule has 102 valence electrons. The van der Waals surface area contributed by atoms with Crippen LogP contribution in [0, 0.1) is 5.41 Å². The van der Waals surface area contributed by atoms with E-state index in [4.69, 9.17) is 0 Å². The van der Waals surface area contributed by atoms with E-state index < -0.39 is 0 Å². The van der Waals surface area contributed by atoms with Crippen LogP contribution in [0.15, 0.2) is 18.7 Å². The number of hydrogen-bond donors (Lipinski definition) is 1. The van der Waals surface area contributed by atoms with Crippen molar-refractivity contribution in [3.05, 3.63) is 18.7 Å². The van der Waals surface area contributed by atoms with E-state index >= 15 is 0 Å². The molecular formula is C15H27N3. The molecule has 2 rings (SSSR count). The van der Waals surface area contributed by atoms with Gasteiger partial charge in [-0.25, -0.2) is 4.98 Å². The summed E-state index contributed by atoms with van der Waals surface area (Å²) in [5, 5.41) is 3.89. The van der Waals surface area contributed by atoms with Crippen LogP contribution < -0.4 is 5.32 Å². The fraction of sp³-hybridized carbons (Fsp3) is 0.800. The van der Waals surface area contributed by atoms with Gasteiger partial charge in [-0.3, -0.25) is 0 Å². The summed E-state index contributed by atoms with van der Waals surface area (Å²) in [5.74, 6) is 0. The molecule has 1 fully saturated rings. The Hall–Kier alpha value is -0.830. The Balaban J connectivity index is 1.96. The zero-order valence-corrected chi connectivity index (χ0v) is 12.0. The van der Waals surface area contributed by atoms with Gasteiger partial charge in [0.05, 0.1) is 6.33 Å². The van der Waals surface area contributed by atoms with Gasteiger partial charge in [-0.2, -0.15) is 0 Å². The first-order valence-electron chi connectivity index (χ1n) is 7.27. The summed E-state index contributed by atoms with van der Waals surface area (Å²) >= 11 is 0. The smallest absolute Gasteiger partial charge is 0.0946 e. The van der Waals surface area contributed by atoms with E-state index in [2.05, 4.69) is 41.8 Å². The molecule has 3 heteroatoms. The molecular weight excluding hydrogens is 222 g/mol. The van der Waals surface area contributed by atoms with Crippen LogP contribution in [0.3, 0.4) is 0 Å². The lowest BCUT2D eigenvalue weighted by atomic mass is 9.84. The average molecular weight is 249 g/mol. The maximum atomic E-state index is 4.14. The van der Waals surface area contributed by atoms with Crippen LogP contribution >= 0.6 is 0 Å². The molecule has 0 aromatic carbocycles. The van der Waals surface area contributed by atoms with Crippen molar-refractivity contribution in [2.24, 2.45) is 5.41 Å². The minimum Gasteiger partial charge on any atom is -0.336 e. The second-order valence-corrected chi connectivity index (χ2v) is 6.68. The Kier molecular flexibility index (Phi) is 4.44. The molecule has 0 aliphatic heterocycles. The third-order valence-corrected chi connectivity index (χ3v) is 4.04. The molecule has 1 aliphatic rings. The molecule has 1 saturated carbocycles. The maximum Gasteiger partial charge on any atom is 0.0946 e. The fourth-order valence-electron chi connectivity index (χ4n) is 2.74. The van der Waals surface area contributed by atoms with E-state index in [-0.39, 0.29) is 5.41 Å². The highest BCUT2D eigenvalue weighted by atomic mass is 15.1. The zero-order valence-electron chi connectivity index (χ0n) is 12.0. The summed E-state index contributed by atoms with van der Waals surface area (Å²) in [6.45, 7) is 7.99. The second-order valence-electron chi connectivity index (χ2n) is 6.68. The first-order chi connectivity index (χ1) is 8.55. The monoisotopic (exact) mass is 249 g/mol. The molecule has 1 atom stereocenters. The molecule has 0 radical (unpaired) electrons. The first-order valence-corrected chi connectivity index (χ1v) is 7.27. The van der Waals surface area contributed by atoms with Gasteiger partial charge < -0.3 is 9.88 Å². The topological polar surface area (TPSA) is 29.9 Å². The quantitative estimate of drug-likeness (QED) is 0.888. The van der Waals surface area contributed by atoms with Gasteiger partial charge in [0.15, 0.2) is 0 Å². The lowest BCUT2D eigenvalue weighted by Gasteiger charge is -2.36. The Morgan fingerprint density at radius 3 is 2.56 bits per heavy atom. The first kappa shape index (κ1) is 13.6. The Morgan fingerprint density at radius 1 is 1.28 bits per heavy atom. The summed E-state index contributed by atoms with van der Waals surface area (Å²) in [6.07, 6.45) is 12.7. The Morgan fingerprint density at radius 2 is 2.00 bits per heavy atom. The summed E-state index contributed by atoms with van der Waals surface area (Å²) < 4.78 is 2.19. The molecule has 1 unspecified atom stereocenters. The van der Waals surface area contributed by atoms with Crippen molar-refractivity contribution < 1.29 is 0 Å². The van der Waals surface area contributed by atoms with Gasteiger partial charge in [0, 0.05) is 31.0 Å². The highest BCUT2D eigenvalue weighted by Crippen LogP contribution is 2.24. The molecule has 0 amide bonds. The normalized spacial score (nSPS) is 19.9. The van der Waals surface area contributed by atoms with Crippen molar-refractivity contribution in [2.75, 3.05) is 0 Å². The molecule has 0 bridgehead atoms. The van der Waals surface area contributed by atoms with Gasteiger partial charge in [-0.05, 0) is 18.3 Å². The number of imidazole rings is 1. The number of nitrogens with one attached hydrogen (secondary N) is 1. The minimum atomic E-state index is 0.279. The van der Waals surface area contributed by atoms with Crippen molar-refractivity contribution in [3.8, 4) is 0 Å². The van der Waals surface area contributed by atoms with Crippen molar-refractivity contribution in [1.29, 1.82) is 0 Å². The van der Waals surface area contributed by atoms with E-state index in [1.165, 1.54) is 32.1 Å². The number of hydrogen-bond acceptors (Lipinski definition) is 2. The van der Waals surface area contributed by atoms with Crippen molar-refractivity contribution in [2.45, 2.75) is 71.5 Å². The zero-order chi connectivity index (χ0) is 13.0. The van der Waals surface area contributed by atoms with Crippen molar-refractivity contribution in [1.82, 2.24) is 14.9 Å². The predicted molar refractivity (Wildman–Crippen MR) is 75.5 cm³/mol. The highest BCUT2D eigenvalue weighted by molar-refractivity contribution is 4.87. The highest BCUT2D eigenvalue weighted by Gasteiger charge is 2.27.